The van der Waals surface area contributed by atoms with Gasteiger partial charge in [-0.15, -0.1) is 0 Å². The number of carbonyl (C=O) groups excluding carboxylic acids is 1. The molecule has 106 valence electrons. The van der Waals surface area contributed by atoms with E-state index in [0.717, 1.165) is 0 Å². The number of rotatable bonds is 2. The molecule has 0 spiro atoms. The van der Waals surface area contributed by atoms with Gasteiger partial charge in [-0.2, -0.15) is 0 Å². The van der Waals surface area contributed by atoms with E-state index >= 15 is 0 Å². The van der Waals surface area contributed by atoms with Crippen LogP contribution in [-0.4, -0.2) is 52.2 Å². The van der Waals surface area contributed by atoms with Gasteiger partial charge in [-0.25, -0.2) is 4.79 Å². The van der Waals surface area contributed by atoms with E-state index in [9.17, 15) is 14.7 Å². The zero-order valence-electron chi connectivity index (χ0n) is 10.9. The summed E-state index contributed by atoms with van der Waals surface area (Å²) < 4.78 is 11.2. The monoisotopic (exact) mass is 271 g/mol. The van der Waals surface area contributed by atoms with E-state index < -0.39 is 36.1 Å². The summed E-state index contributed by atoms with van der Waals surface area (Å²) in [5, 5.41) is 21.7. The van der Waals surface area contributed by atoms with E-state index in [0.29, 0.717) is 0 Å². The predicted octanol–water partition coefficient (Wildman–Crippen LogP) is -0.603. The van der Waals surface area contributed by atoms with Crippen LogP contribution in [0.25, 0.3) is 0 Å². The van der Waals surface area contributed by atoms with Crippen molar-refractivity contribution < 1.29 is 29.3 Å². The van der Waals surface area contributed by atoms with E-state index in [2.05, 4.69) is 5.32 Å². The highest BCUT2D eigenvalue weighted by molar-refractivity contribution is 5.88. The van der Waals surface area contributed by atoms with Crippen molar-refractivity contribution in [3.63, 3.8) is 0 Å². The molecule has 0 bridgehead atoms. The molecule has 0 aromatic rings. The maximum Gasteiger partial charge on any atom is 0.334 e. The third kappa shape index (κ3) is 2.63. The van der Waals surface area contributed by atoms with Crippen LogP contribution in [0, 0.1) is 0 Å². The van der Waals surface area contributed by atoms with Crippen LogP contribution in [0.2, 0.25) is 0 Å². The summed E-state index contributed by atoms with van der Waals surface area (Å²) in [4.78, 5) is 22.3. The van der Waals surface area contributed by atoms with Crippen molar-refractivity contribution in [1.82, 2.24) is 5.32 Å². The summed E-state index contributed by atoms with van der Waals surface area (Å²) in [5.41, 5.74) is -0.0512. The topological polar surface area (TPSA) is 105 Å². The van der Waals surface area contributed by atoms with Gasteiger partial charge in [-0.3, -0.25) is 4.79 Å². The molecule has 0 saturated carbocycles. The number of carbonyl (C=O) groups is 2. The quantitative estimate of drug-likeness (QED) is 0.619. The van der Waals surface area contributed by atoms with Gasteiger partial charge in [0.25, 0.3) is 0 Å². The molecule has 7 heteroatoms. The molecule has 1 saturated heterocycles. The van der Waals surface area contributed by atoms with Crippen molar-refractivity contribution in [2.45, 2.75) is 50.9 Å². The summed E-state index contributed by atoms with van der Waals surface area (Å²) in [6.07, 6.45) is -1.49. The highest BCUT2D eigenvalue weighted by Gasteiger charge is 2.52. The fourth-order valence-electron chi connectivity index (χ4n) is 2.46. The smallest absolute Gasteiger partial charge is 0.334 e. The standard InChI is InChI=1S/C12H17NO6/c1-5(14)13-8-7(15)4-6(11(16)17)9-10(8)19-12(2,3)18-9/h4,7-10,15H,1-3H3,(H,13,14)(H,16,17)/t7?,8?,9?,10-/m0/s1. The summed E-state index contributed by atoms with van der Waals surface area (Å²) in [5.74, 6) is -2.47. The average molecular weight is 271 g/mol. The number of amides is 1. The van der Waals surface area contributed by atoms with Crippen molar-refractivity contribution >= 4 is 11.9 Å². The molecule has 0 radical (unpaired) electrons. The first kappa shape index (κ1) is 14.0. The Balaban J connectivity index is 2.35. The molecule has 1 aliphatic heterocycles. The highest BCUT2D eigenvalue weighted by atomic mass is 16.8. The predicted molar refractivity (Wildman–Crippen MR) is 63.2 cm³/mol. The maximum atomic E-state index is 11.2. The van der Waals surface area contributed by atoms with E-state index in [1.807, 2.05) is 0 Å². The van der Waals surface area contributed by atoms with Crippen LogP contribution in [0.15, 0.2) is 11.6 Å². The fraction of sp³-hybridized carbons (Fsp3) is 0.667. The summed E-state index contributed by atoms with van der Waals surface area (Å²) in [6.45, 7) is 4.63. The van der Waals surface area contributed by atoms with Crippen LogP contribution in [-0.2, 0) is 19.1 Å². The minimum Gasteiger partial charge on any atom is -0.478 e. The van der Waals surface area contributed by atoms with E-state index in [-0.39, 0.29) is 11.5 Å². The zero-order valence-corrected chi connectivity index (χ0v) is 10.9. The van der Waals surface area contributed by atoms with Gasteiger partial charge in [-0.05, 0) is 19.9 Å². The van der Waals surface area contributed by atoms with Crippen molar-refractivity contribution in [2.24, 2.45) is 0 Å². The van der Waals surface area contributed by atoms with Gasteiger partial charge in [-0.1, -0.05) is 0 Å². The summed E-state index contributed by atoms with van der Waals surface area (Å²) >= 11 is 0. The highest BCUT2D eigenvalue weighted by Crippen LogP contribution is 2.37. The molecule has 4 atom stereocenters. The molecule has 1 amide bonds. The fourth-order valence-corrected chi connectivity index (χ4v) is 2.46. The lowest BCUT2D eigenvalue weighted by Crippen LogP contribution is -2.56. The molecular weight excluding hydrogens is 254 g/mol. The van der Waals surface area contributed by atoms with Gasteiger partial charge in [0.05, 0.1) is 17.7 Å². The van der Waals surface area contributed by atoms with Crippen LogP contribution in [0.5, 0.6) is 0 Å². The molecular formula is C12H17NO6. The number of ether oxygens (including phenoxy) is 2. The molecule has 2 rings (SSSR count). The lowest BCUT2D eigenvalue weighted by Gasteiger charge is -2.33. The number of aliphatic hydroxyl groups excluding tert-OH is 1. The molecule has 19 heavy (non-hydrogen) atoms. The van der Waals surface area contributed by atoms with Crippen molar-refractivity contribution in [1.29, 1.82) is 0 Å². The van der Waals surface area contributed by atoms with Crippen LogP contribution < -0.4 is 5.32 Å². The second-order valence-electron chi connectivity index (χ2n) is 5.16. The lowest BCUT2D eigenvalue weighted by atomic mass is 9.87. The Hall–Kier alpha value is -1.44. The van der Waals surface area contributed by atoms with E-state index in [4.69, 9.17) is 14.6 Å². The average Bonchev–Trinajstić information content (AvgIpc) is 2.56. The van der Waals surface area contributed by atoms with E-state index in [1.165, 1.54) is 13.0 Å². The molecule has 0 aromatic carbocycles. The maximum absolute atomic E-state index is 11.2. The number of hydrogen-bond donors (Lipinski definition) is 3. The molecule has 2 aliphatic rings. The zero-order chi connectivity index (χ0) is 14.4. The number of nitrogens with one attached hydrogen (secondary N) is 1. The van der Waals surface area contributed by atoms with Crippen LogP contribution in [0.1, 0.15) is 20.8 Å². The lowest BCUT2D eigenvalue weighted by molar-refractivity contribution is -0.150. The Morgan fingerprint density at radius 1 is 1.37 bits per heavy atom. The molecule has 7 nitrogen and oxygen atoms in total. The number of aliphatic hydroxyl groups is 1. The second-order valence-corrected chi connectivity index (χ2v) is 5.16. The minimum atomic E-state index is -1.17. The van der Waals surface area contributed by atoms with Crippen LogP contribution in [0.3, 0.4) is 0 Å². The van der Waals surface area contributed by atoms with Gasteiger partial charge in [0, 0.05) is 6.92 Å². The SMILES string of the molecule is CC(=O)NC1C(O)C=C(C(=O)O)C2OC(C)(C)O[C@H]21. The molecule has 3 N–H and O–H groups in total. The van der Waals surface area contributed by atoms with Crippen molar-refractivity contribution in [2.75, 3.05) is 0 Å². The molecule has 1 heterocycles. The minimum absolute atomic E-state index is 0.0512. The van der Waals surface area contributed by atoms with Crippen molar-refractivity contribution in [3.8, 4) is 0 Å². The largest absolute Gasteiger partial charge is 0.478 e. The van der Waals surface area contributed by atoms with Gasteiger partial charge in [0.1, 0.15) is 12.2 Å². The van der Waals surface area contributed by atoms with Gasteiger partial charge >= 0.3 is 5.97 Å². The van der Waals surface area contributed by atoms with Gasteiger partial charge < -0.3 is 25.0 Å². The Labute approximate surface area is 110 Å². The molecule has 0 aromatic heterocycles. The van der Waals surface area contributed by atoms with Gasteiger partial charge in [0.15, 0.2) is 5.79 Å². The Bertz CT molecular complexity index is 444. The van der Waals surface area contributed by atoms with E-state index in [1.54, 1.807) is 13.8 Å². The molecule has 1 fully saturated rings. The van der Waals surface area contributed by atoms with Crippen LogP contribution >= 0.6 is 0 Å². The Morgan fingerprint density at radius 3 is 2.53 bits per heavy atom. The first-order valence-corrected chi connectivity index (χ1v) is 5.97. The third-order valence-corrected chi connectivity index (χ3v) is 3.12. The first-order valence-electron chi connectivity index (χ1n) is 5.97. The molecule has 1 aliphatic carbocycles. The summed E-state index contributed by atoms with van der Waals surface area (Å²) in [6, 6.07) is -0.729. The summed E-state index contributed by atoms with van der Waals surface area (Å²) in [7, 11) is 0. The first-order chi connectivity index (χ1) is 8.71. The van der Waals surface area contributed by atoms with Crippen molar-refractivity contribution in [3.05, 3.63) is 11.6 Å². The van der Waals surface area contributed by atoms with Crippen LogP contribution in [0.4, 0.5) is 0 Å². The number of carboxylic acid groups (broad SMARTS) is 1. The number of hydrogen-bond acceptors (Lipinski definition) is 5. The number of aliphatic carboxylic acids is 1. The number of fused-ring (bicyclic) bond motifs is 1. The molecule has 3 unspecified atom stereocenters. The second kappa shape index (κ2) is 4.59. The Kier molecular flexibility index (Phi) is 3.38. The Morgan fingerprint density at radius 2 is 2.00 bits per heavy atom. The normalized spacial score (nSPS) is 36.3. The number of carboxylic acids is 1. The third-order valence-electron chi connectivity index (χ3n) is 3.12. The van der Waals surface area contributed by atoms with Gasteiger partial charge in [0.2, 0.25) is 5.91 Å².